The maximum Gasteiger partial charge on any atom is 0.256 e. The third-order valence-electron chi connectivity index (χ3n) is 3.16. The first-order chi connectivity index (χ1) is 10.0. The lowest BCUT2D eigenvalue weighted by Crippen LogP contribution is -2.38. The van der Waals surface area contributed by atoms with Crippen LogP contribution in [0, 0.1) is 0 Å². The van der Waals surface area contributed by atoms with Gasteiger partial charge in [-0.2, -0.15) is 0 Å². The number of hydrogen-bond acceptors (Lipinski definition) is 3. The first-order valence-electron chi connectivity index (χ1n) is 6.71. The number of methoxy groups -OCH3 is 1. The monoisotopic (exact) mass is 285 g/mol. The zero-order valence-electron chi connectivity index (χ0n) is 12.4. The Morgan fingerprint density at radius 3 is 2.29 bits per heavy atom. The van der Waals surface area contributed by atoms with Gasteiger partial charge in [0.2, 0.25) is 0 Å². The molecule has 4 nitrogen and oxygen atoms in total. The van der Waals surface area contributed by atoms with Gasteiger partial charge in [0.25, 0.3) is 5.91 Å². The predicted molar refractivity (Wildman–Crippen MR) is 82.7 cm³/mol. The Kier molecular flexibility index (Phi) is 4.60. The Balaban J connectivity index is 2.20. The van der Waals surface area contributed by atoms with Gasteiger partial charge in [-0.15, -0.1) is 0 Å². The first-order valence-corrected chi connectivity index (χ1v) is 6.71. The topological polar surface area (TPSA) is 47.6 Å². The van der Waals surface area contributed by atoms with Crippen LogP contribution in [0.3, 0.4) is 0 Å². The summed E-state index contributed by atoms with van der Waals surface area (Å²) in [6.45, 7) is 3.42. The molecule has 0 fully saturated rings. The van der Waals surface area contributed by atoms with Gasteiger partial charge in [-0.05, 0) is 38.1 Å². The zero-order chi connectivity index (χ0) is 15.3. The van der Waals surface area contributed by atoms with Gasteiger partial charge < -0.3 is 14.8 Å². The van der Waals surface area contributed by atoms with Crippen molar-refractivity contribution in [3.8, 4) is 11.5 Å². The lowest BCUT2D eigenvalue weighted by Gasteiger charge is -2.22. The van der Waals surface area contributed by atoms with E-state index in [4.69, 9.17) is 9.47 Å². The molecule has 0 saturated carbocycles. The molecule has 0 spiro atoms. The third-order valence-corrected chi connectivity index (χ3v) is 3.16. The molecular formula is C17H19NO3. The summed E-state index contributed by atoms with van der Waals surface area (Å²) < 4.78 is 11.0. The number of nitrogens with one attached hydrogen (secondary N) is 1. The third kappa shape index (κ3) is 3.83. The fourth-order valence-electron chi connectivity index (χ4n) is 1.64. The van der Waals surface area contributed by atoms with Crippen molar-refractivity contribution in [2.24, 2.45) is 0 Å². The minimum Gasteiger partial charge on any atom is -0.455 e. The SMILES string of the molecule is COC(C)(C)C(=O)Nc1ccccc1Oc1ccccc1. The molecule has 1 N–H and O–H groups in total. The molecule has 2 rings (SSSR count). The van der Waals surface area contributed by atoms with E-state index in [9.17, 15) is 4.79 Å². The first kappa shape index (κ1) is 15.1. The van der Waals surface area contributed by atoms with Crippen LogP contribution in [0.25, 0.3) is 0 Å². The molecule has 0 aliphatic heterocycles. The summed E-state index contributed by atoms with van der Waals surface area (Å²) in [5.41, 5.74) is -0.295. The number of carbonyl (C=O) groups excluding carboxylic acids is 1. The van der Waals surface area contributed by atoms with E-state index < -0.39 is 5.60 Å². The minimum absolute atomic E-state index is 0.228. The summed E-state index contributed by atoms with van der Waals surface area (Å²) >= 11 is 0. The smallest absolute Gasteiger partial charge is 0.256 e. The van der Waals surface area contributed by atoms with Crippen LogP contribution in [0.1, 0.15) is 13.8 Å². The Labute approximate surface area is 124 Å². The van der Waals surface area contributed by atoms with Crippen LogP contribution in [-0.4, -0.2) is 18.6 Å². The highest BCUT2D eigenvalue weighted by atomic mass is 16.5. The van der Waals surface area contributed by atoms with Gasteiger partial charge in [0.15, 0.2) is 5.75 Å². The van der Waals surface area contributed by atoms with Crippen molar-refractivity contribution < 1.29 is 14.3 Å². The van der Waals surface area contributed by atoms with Gasteiger partial charge in [-0.25, -0.2) is 0 Å². The van der Waals surface area contributed by atoms with Crippen LogP contribution in [0.4, 0.5) is 5.69 Å². The van der Waals surface area contributed by atoms with Crippen molar-refractivity contribution in [3.05, 3.63) is 54.6 Å². The van der Waals surface area contributed by atoms with Gasteiger partial charge in [0, 0.05) is 7.11 Å². The van der Waals surface area contributed by atoms with Gasteiger partial charge in [0.05, 0.1) is 5.69 Å². The second-order valence-electron chi connectivity index (χ2n) is 5.08. The highest BCUT2D eigenvalue weighted by Gasteiger charge is 2.27. The van der Waals surface area contributed by atoms with Crippen molar-refractivity contribution in [2.75, 3.05) is 12.4 Å². The number of rotatable bonds is 5. The van der Waals surface area contributed by atoms with E-state index in [-0.39, 0.29) is 5.91 Å². The van der Waals surface area contributed by atoms with E-state index in [2.05, 4.69) is 5.32 Å². The van der Waals surface area contributed by atoms with Gasteiger partial charge in [-0.1, -0.05) is 30.3 Å². The summed E-state index contributed by atoms with van der Waals surface area (Å²) in [7, 11) is 1.51. The normalized spacial score (nSPS) is 11.0. The average Bonchev–Trinajstić information content (AvgIpc) is 2.50. The highest BCUT2D eigenvalue weighted by Crippen LogP contribution is 2.29. The Bertz CT molecular complexity index is 608. The molecule has 21 heavy (non-hydrogen) atoms. The van der Waals surface area contributed by atoms with Crippen molar-refractivity contribution in [1.82, 2.24) is 0 Å². The summed E-state index contributed by atoms with van der Waals surface area (Å²) in [5.74, 6) is 1.07. The van der Waals surface area contributed by atoms with E-state index in [0.717, 1.165) is 0 Å². The second kappa shape index (κ2) is 6.41. The Morgan fingerprint density at radius 1 is 1.00 bits per heavy atom. The second-order valence-corrected chi connectivity index (χ2v) is 5.08. The lowest BCUT2D eigenvalue weighted by atomic mass is 10.1. The van der Waals surface area contributed by atoms with Crippen LogP contribution in [0.5, 0.6) is 11.5 Å². The molecule has 2 aromatic carbocycles. The quantitative estimate of drug-likeness (QED) is 0.908. The molecule has 4 heteroatoms. The number of amides is 1. The van der Waals surface area contributed by atoms with Gasteiger partial charge in [0.1, 0.15) is 11.4 Å². The highest BCUT2D eigenvalue weighted by molar-refractivity contribution is 5.97. The van der Waals surface area contributed by atoms with Crippen molar-refractivity contribution in [3.63, 3.8) is 0 Å². The van der Waals surface area contributed by atoms with E-state index >= 15 is 0 Å². The fourth-order valence-corrected chi connectivity index (χ4v) is 1.64. The standard InChI is InChI=1S/C17H19NO3/c1-17(2,20-3)16(19)18-14-11-7-8-12-15(14)21-13-9-5-4-6-10-13/h4-12H,1-3H3,(H,18,19). The molecule has 2 aromatic rings. The van der Waals surface area contributed by atoms with Crippen LogP contribution in [0.15, 0.2) is 54.6 Å². The summed E-state index contributed by atoms with van der Waals surface area (Å²) in [6.07, 6.45) is 0. The van der Waals surface area contributed by atoms with E-state index in [1.165, 1.54) is 7.11 Å². The molecule has 0 atom stereocenters. The molecule has 1 amide bonds. The number of carbonyl (C=O) groups is 1. The molecule has 0 bridgehead atoms. The number of anilines is 1. The van der Waals surface area contributed by atoms with Crippen LogP contribution in [-0.2, 0) is 9.53 Å². The van der Waals surface area contributed by atoms with Crippen LogP contribution < -0.4 is 10.1 Å². The molecule has 110 valence electrons. The van der Waals surface area contributed by atoms with Crippen molar-refractivity contribution in [1.29, 1.82) is 0 Å². The van der Waals surface area contributed by atoms with Crippen LogP contribution in [0.2, 0.25) is 0 Å². The maximum absolute atomic E-state index is 12.2. The van der Waals surface area contributed by atoms with E-state index in [1.54, 1.807) is 19.9 Å². The molecule has 0 radical (unpaired) electrons. The van der Waals surface area contributed by atoms with Crippen LogP contribution >= 0.6 is 0 Å². The molecule has 0 unspecified atom stereocenters. The summed E-state index contributed by atoms with van der Waals surface area (Å²) in [4.78, 5) is 12.2. The number of ether oxygens (including phenoxy) is 2. The largest absolute Gasteiger partial charge is 0.455 e. The summed E-state index contributed by atoms with van der Waals surface area (Å²) in [5, 5.41) is 2.83. The minimum atomic E-state index is -0.903. The number of para-hydroxylation sites is 3. The molecular weight excluding hydrogens is 266 g/mol. The molecule has 0 heterocycles. The van der Waals surface area contributed by atoms with Crippen molar-refractivity contribution >= 4 is 11.6 Å². The van der Waals surface area contributed by atoms with Gasteiger partial charge in [-0.3, -0.25) is 4.79 Å². The Hall–Kier alpha value is -2.33. The van der Waals surface area contributed by atoms with Crippen molar-refractivity contribution in [2.45, 2.75) is 19.4 Å². The molecule has 0 aromatic heterocycles. The fraction of sp³-hybridized carbons (Fsp3) is 0.235. The summed E-state index contributed by atoms with van der Waals surface area (Å²) in [6, 6.07) is 16.7. The van der Waals surface area contributed by atoms with Gasteiger partial charge >= 0.3 is 0 Å². The average molecular weight is 285 g/mol. The Morgan fingerprint density at radius 2 is 1.62 bits per heavy atom. The zero-order valence-corrected chi connectivity index (χ0v) is 12.4. The molecule has 0 saturated heterocycles. The molecule has 0 aliphatic carbocycles. The number of benzene rings is 2. The van der Waals surface area contributed by atoms with E-state index in [0.29, 0.717) is 17.2 Å². The molecule has 0 aliphatic rings. The van der Waals surface area contributed by atoms with E-state index in [1.807, 2.05) is 48.5 Å². The number of hydrogen-bond donors (Lipinski definition) is 1. The predicted octanol–water partition coefficient (Wildman–Crippen LogP) is 3.84. The maximum atomic E-state index is 12.2. The lowest BCUT2D eigenvalue weighted by molar-refractivity contribution is -0.133.